The van der Waals surface area contributed by atoms with Gasteiger partial charge in [0.05, 0.1) is 85.1 Å². The van der Waals surface area contributed by atoms with Gasteiger partial charge in [0, 0.05) is 87.0 Å². The molecule has 0 saturated carbocycles. The summed E-state index contributed by atoms with van der Waals surface area (Å²) in [5, 5.41) is 41.3. The number of benzene rings is 2. The number of imide groups is 1. The maximum absolute atomic E-state index is 15.4. The van der Waals surface area contributed by atoms with Crippen LogP contribution in [0.1, 0.15) is 83.0 Å². The first kappa shape index (κ1) is 73.9. The highest BCUT2D eigenvalue weighted by Crippen LogP contribution is 2.41. The van der Waals surface area contributed by atoms with Crippen LogP contribution in [-0.2, 0) is 83.0 Å². The van der Waals surface area contributed by atoms with Crippen molar-refractivity contribution < 1.29 is 101 Å². The standard InChI is InChI=1S/C60H81F2N9O19/c1-60(2,3)56(47-33-40(42-34-41(61)9-10-43(42)62)37-69(47)36-39-7-5-4-6-8-39)71(54(79)38-72)21-16-44(57(82)65-19-15-50(75)66-45(59(84)85)11-14-55(80)81)68-58(83)46(35-48(63)73)67-51(76)18-24-87-27-29-89-31-32-90-30-28-88-25-20-64-49(74)17-23-86-26-22-70-52(77)12-13-53(70)78/h4-10,12-13,33-34,37,44-46,56,72H,11,14-32,35-36,38H2,1-3H3,(H2,63,73)(H,64,74)(H,65,82)(H,66,75)(H,67,76)(H,68,83)(H,80,81)(H,84,85)/t44-,45+,46-,56-/m0/s1. The van der Waals surface area contributed by atoms with Crippen LogP contribution in [0, 0.1) is 17.0 Å². The summed E-state index contributed by atoms with van der Waals surface area (Å²) in [5.74, 6) is -10.9. The Balaban J connectivity index is 1.35. The Kier molecular flexibility index (Phi) is 31.8. The quantitative estimate of drug-likeness (QED) is 0.0274. The van der Waals surface area contributed by atoms with Crippen molar-refractivity contribution in [3.8, 4) is 11.1 Å². The topological polar surface area (TPSA) is 392 Å². The predicted molar refractivity (Wildman–Crippen MR) is 315 cm³/mol. The second-order valence-corrected chi connectivity index (χ2v) is 21.6. The Labute approximate surface area is 518 Å². The van der Waals surface area contributed by atoms with Crippen molar-refractivity contribution >= 4 is 65.1 Å². The van der Waals surface area contributed by atoms with Crippen LogP contribution in [0.25, 0.3) is 11.1 Å². The fourth-order valence-electron chi connectivity index (χ4n) is 9.15. The van der Waals surface area contributed by atoms with E-state index in [1.54, 1.807) is 49.7 Å². The van der Waals surface area contributed by atoms with Gasteiger partial charge in [0.15, 0.2) is 0 Å². The molecule has 30 heteroatoms. The predicted octanol–water partition coefficient (Wildman–Crippen LogP) is 0.470. The second kappa shape index (κ2) is 38.8. The third-order valence-electron chi connectivity index (χ3n) is 13.5. The lowest BCUT2D eigenvalue weighted by Crippen LogP contribution is -2.56. The van der Waals surface area contributed by atoms with Gasteiger partial charge >= 0.3 is 11.9 Å². The van der Waals surface area contributed by atoms with Gasteiger partial charge in [0.25, 0.3) is 11.8 Å². The van der Waals surface area contributed by atoms with Crippen LogP contribution in [0.4, 0.5) is 8.78 Å². The van der Waals surface area contributed by atoms with Gasteiger partial charge < -0.3 is 80.8 Å². The molecule has 0 radical (unpaired) electrons. The Bertz CT molecular complexity index is 2920. The summed E-state index contributed by atoms with van der Waals surface area (Å²) in [6.45, 7) is 5.36. The number of primary amides is 1. The minimum atomic E-state index is -1.67. The van der Waals surface area contributed by atoms with Crippen molar-refractivity contribution in [1.29, 1.82) is 0 Å². The van der Waals surface area contributed by atoms with Crippen LogP contribution < -0.4 is 32.3 Å². The monoisotopic (exact) mass is 1270 g/mol. The Hall–Kier alpha value is -8.55. The lowest BCUT2D eigenvalue weighted by molar-refractivity contribution is -0.143. The Morgan fingerprint density at radius 1 is 0.644 bits per heavy atom. The summed E-state index contributed by atoms with van der Waals surface area (Å²) in [5.41, 5.74) is 5.95. The number of aromatic nitrogens is 1. The third kappa shape index (κ3) is 26.7. The molecule has 0 aliphatic carbocycles. The van der Waals surface area contributed by atoms with Crippen LogP contribution >= 0.6 is 0 Å². The largest absolute Gasteiger partial charge is 0.481 e. The molecule has 1 aliphatic rings. The first-order valence-corrected chi connectivity index (χ1v) is 29.1. The van der Waals surface area contributed by atoms with E-state index in [4.69, 9.17) is 34.5 Å². The number of aliphatic hydroxyl groups excluding tert-OH is 1. The van der Waals surface area contributed by atoms with Gasteiger partial charge in [-0.05, 0) is 48.1 Å². The number of aliphatic carboxylic acids is 2. The number of carbonyl (C=O) groups excluding carboxylic acids is 9. The molecule has 0 saturated heterocycles. The molecule has 1 aromatic heterocycles. The SMILES string of the molecule is CC(C)(C)[C@H](c1cc(-c2cc(F)ccc2F)cn1Cc1ccccc1)N(CC[C@H](NC(=O)[C@H](CC(N)=O)NC(=O)CCOCCOCCOCCOCCNC(=O)CCOCCN1C(=O)C=CC1=O)C(=O)NCCC(=O)N[C@H](CCC(=O)O)C(=O)O)C(=O)CO. The van der Waals surface area contributed by atoms with Crippen LogP contribution in [0.2, 0.25) is 0 Å². The molecule has 0 unspecified atom stereocenters. The summed E-state index contributed by atoms with van der Waals surface area (Å²) in [7, 11) is 0. The number of carbonyl (C=O) groups is 11. The lowest BCUT2D eigenvalue weighted by atomic mass is 9.82. The van der Waals surface area contributed by atoms with Crippen molar-refractivity contribution in [2.45, 2.75) is 96.4 Å². The van der Waals surface area contributed by atoms with E-state index in [1.807, 2.05) is 18.2 Å². The number of nitrogens with zero attached hydrogens (tertiary/aromatic N) is 3. The molecule has 9 amide bonds. The Morgan fingerprint density at radius 2 is 1.23 bits per heavy atom. The maximum atomic E-state index is 15.4. The number of ether oxygens (including phenoxy) is 5. The van der Waals surface area contributed by atoms with Gasteiger partial charge in [-0.3, -0.25) is 52.8 Å². The summed E-state index contributed by atoms with van der Waals surface area (Å²) in [6.07, 6.45) is 1.01. The minimum absolute atomic E-state index is 0.0541. The minimum Gasteiger partial charge on any atom is -0.481 e. The van der Waals surface area contributed by atoms with Crippen molar-refractivity contribution in [3.63, 3.8) is 0 Å². The normalized spacial score (nSPS) is 13.5. The van der Waals surface area contributed by atoms with Gasteiger partial charge in [-0.15, -0.1) is 0 Å². The second-order valence-electron chi connectivity index (χ2n) is 21.6. The molecular weight excluding hydrogens is 1190 g/mol. The van der Waals surface area contributed by atoms with Crippen LogP contribution in [-0.4, -0.2) is 212 Å². The van der Waals surface area contributed by atoms with E-state index in [2.05, 4.69) is 26.6 Å². The average molecular weight is 1270 g/mol. The van der Waals surface area contributed by atoms with E-state index in [0.717, 1.165) is 28.7 Å². The van der Waals surface area contributed by atoms with Crippen molar-refractivity contribution in [2.24, 2.45) is 11.1 Å². The fraction of sp³-hybridized carbons (Fsp3) is 0.517. The summed E-state index contributed by atoms with van der Waals surface area (Å²) < 4.78 is 59.0. The van der Waals surface area contributed by atoms with Crippen LogP contribution in [0.3, 0.4) is 0 Å². The molecule has 2 aromatic carbocycles. The first-order valence-electron chi connectivity index (χ1n) is 29.1. The van der Waals surface area contributed by atoms with Crippen molar-refractivity contribution in [3.05, 3.63) is 95.8 Å². The molecule has 10 N–H and O–H groups in total. The molecular formula is C60H81F2N9O19. The van der Waals surface area contributed by atoms with Gasteiger partial charge in [0.1, 0.15) is 36.4 Å². The number of amides is 9. The number of nitrogens with two attached hydrogens (primary N) is 1. The lowest BCUT2D eigenvalue weighted by Gasteiger charge is -2.41. The smallest absolute Gasteiger partial charge is 0.326 e. The van der Waals surface area contributed by atoms with Crippen molar-refractivity contribution in [2.75, 3.05) is 98.9 Å². The highest BCUT2D eigenvalue weighted by molar-refractivity contribution is 6.12. The highest BCUT2D eigenvalue weighted by Gasteiger charge is 2.39. The fourth-order valence-corrected chi connectivity index (χ4v) is 9.15. The molecule has 0 spiro atoms. The number of hydrogen-bond donors (Lipinski definition) is 9. The molecule has 90 heavy (non-hydrogen) atoms. The van der Waals surface area contributed by atoms with E-state index in [1.165, 1.54) is 17.1 Å². The zero-order valence-corrected chi connectivity index (χ0v) is 50.5. The third-order valence-corrected chi connectivity index (χ3v) is 13.5. The van der Waals surface area contributed by atoms with Crippen molar-refractivity contribution in [1.82, 2.24) is 41.0 Å². The van der Waals surface area contributed by atoms with Gasteiger partial charge in [-0.1, -0.05) is 51.1 Å². The highest BCUT2D eigenvalue weighted by atomic mass is 19.1. The molecule has 2 heterocycles. The maximum Gasteiger partial charge on any atom is 0.326 e. The number of rotatable bonds is 44. The van der Waals surface area contributed by atoms with E-state index in [9.17, 15) is 67.3 Å². The molecule has 4 atom stereocenters. The van der Waals surface area contributed by atoms with E-state index in [-0.39, 0.29) is 116 Å². The average Bonchev–Trinajstić information content (AvgIpc) is 1.60. The van der Waals surface area contributed by atoms with Gasteiger partial charge in [-0.2, -0.15) is 0 Å². The molecule has 1 aliphatic heterocycles. The number of hydrogen-bond acceptors (Lipinski definition) is 17. The summed E-state index contributed by atoms with van der Waals surface area (Å²) in [6, 6.07) is 7.77. The van der Waals surface area contributed by atoms with Gasteiger partial charge in [0.2, 0.25) is 41.4 Å². The summed E-state index contributed by atoms with van der Waals surface area (Å²) in [4.78, 5) is 141. The summed E-state index contributed by atoms with van der Waals surface area (Å²) >= 11 is 0. The first-order chi connectivity index (χ1) is 42.9. The van der Waals surface area contributed by atoms with Gasteiger partial charge in [-0.25, -0.2) is 13.6 Å². The number of aliphatic hydroxyl groups is 1. The molecule has 28 nitrogen and oxygen atoms in total. The number of nitrogens with one attached hydrogen (secondary N) is 5. The van der Waals surface area contributed by atoms with Crippen LogP contribution in [0.5, 0.6) is 0 Å². The molecule has 494 valence electrons. The molecule has 3 aromatic rings. The number of halogens is 2. The molecule has 4 rings (SSSR count). The Morgan fingerprint density at radius 3 is 1.83 bits per heavy atom. The van der Waals surface area contributed by atoms with E-state index < -0.39 is 152 Å². The van der Waals surface area contributed by atoms with Crippen LogP contribution in [0.15, 0.2) is 72.9 Å². The van der Waals surface area contributed by atoms with E-state index >= 15 is 4.39 Å². The number of carboxylic acids is 2. The van der Waals surface area contributed by atoms with E-state index in [0.29, 0.717) is 5.69 Å². The zero-order chi connectivity index (χ0) is 66.2. The number of carboxylic acid groups (broad SMARTS) is 2. The zero-order valence-electron chi connectivity index (χ0n) is 50.5. The molecule has 0 fully saturated rings. The molecule has 0 bridgehead atoms.